The molecule has 0 aliphatic rings. The third kappa shape index (κ3) is 3.01. The first-order valence-electron chi connectivity index (χ1n) is 5.82. The van der Waals surface area contributed by atoms with Crippen LogP contribution in [-0.4, -0.2) is 13.0 Å². The number of carbonyl (C=O) groups excluding carboxylic acids is 1. The number of nitrogens with zero attached hydrogens (tertiary/aromatic N) is 1. The van der Waals surface area contributed by atoms with Gasteiger partial charge in [-0.15, -0.1) is 0 Å². The van der Waals surface area contributed by atoms with Crippen molar-refractivity contribution in [3.8, 4) is 11.8 Å². The van der Waals surface area contributed by atoms with Crippen LogP contribution in [0.5, 0.6) is 5.75 Å². The number of anilines is 1. The summed E-state index contributed by atoms with van der Waals surface area (Å²) in [5.74, 6) is 0.687. The van der Waals surface area contributed by atoms with Crippen LogP contribution in [0.15, 0.2) is 6.07 Å². The van der Waals surface area contributed by atoms with Crippen molar-refractivity contribution in [1.82, 2.24) is 0 Å². The Labute approximate surface area is 108 Å². The Morgan fingerprint density at radius 1 is 1.39 bits per heavy atom. The number of hydrogen-bond donors (Lipinski definition) is 1. The van der Waals surface area contributed by atoms with Gasteiger partial charge in [0.1, 0.15) is 5.75 Å². The molecule has 0 unspecified atom stereocenters. The molecule has 0 aliphatic carbocycles. The molecular formula is C14H18N2O2. The van der Waals surface area contributed by atoms with Crippen molar-refractivity contribution >= 4 is 11.6 Å². The summed E-state index contributed by atoms with van der Waals surface area (Å²) in [5, 5.41) is 11.3. The minimum atomic E-state index is -0.132. The largest absolute Gasteiger partial charge is 0.496 e. The summed E-state index contributed by atoms with van der Waals surface area (Å²) < 4.78 is 5.28. The molecule has 0 radical (unpaired) electrons. The summed E-state index contributed by atoms with van der Waals surface area (Å²) in [6.07, 6.45) is 0.458. The molecule has 1 aromatic carbocycles. The van der Waals surface area contributed by atoms with Crippen LogP contribution in [0.2, 0.25) is 0 Å². The Bertz CT molecular complexity index is 501. The van der Waals surface area contributed by atoms with Crippen LogP contribution >= 0.6 is 0 Å². The summed E-state index contributed by atoms with van der Waals surface area (Å²) in [5.41, 5.74) is 3.78. The van der Waals surface area contributed by atoms with Crippen LogP contribution in [0.4, 0.5) is 5.69 Å². The maximum absolute atomic E-state index is 11.6. The Balaban J connectivity index is 3.00. The van der Waals surface area contributed by atoms with Gasteiger partial charge in [0, 0.05) is 18.5 Å². The van der Waals surface area contributed by atoms with E-state index in [2.05, 4.69) is 5.32 Å². The summed E-state index contributed by atoms with van der Waals surface area (Å²) in [6.45, 7) is 5.83. The number of nitriles is 1. The second-order valence-electron chi connectivity index (χ2n) is 4.23. The van der Waals surface area contributed by atoms with E-state index >= 15 is 0 Å². The maximum Gasteiger partial charge on any atom is 0.225 e. The first kappa shape index (κ1) is 14.0. The van der Waals surface area contributed by atoms with Gasteiger partial charge in [0.15, 0.2) is 0 Å². The lowest BCUT2D eigenvalue weighted by molar-refractivity contribution is -0.116. The predicted molar refractivity (Wildman–Crippen MR) is 70.7 cm³/mol. The molecule has 0 fully saturated rings. The molecule has 1 rings (SSSR count). The van der Waals surface area contributed by atoms with Gasteiger partial charge in [-0.2, -0.15) is 5.26 Å². The molecule has 0 heterocycles. The number of carbonyl (C=O) groups is 1. The van der Waals surface area contributed by atoms with Crippen LogP contribution in [0.3, 0.4) is 0 Å². The molecule has 0 spiro atoms. The number of ether oxygens (including phenoxy) is 1. The predicted octanol–water partition coefficient (Wildman–Crippen LogP) is 2.86. The molecule has 0 aromatic heterocycles. The van der Waals surface area contributed by atoms with Gasteiger partial charge in [-0.05, 0) is 43.5 Å². The van der Waals surface area contributed by atoms with Crippen LogP contribution in [0, 0.1) is 32.1 Å². The Morgan fingerprint density at radius 3 is 2.61 bits per heavy atom. The minimum absolute atomic E-state index is 0.132. The van der Waals surface area contributed by atoms with Gasteiger partial charge in [0.2, 0.25) is 5.91 Å². The van der Waals surface area contributed by atoms with Gasteiger partial charge in [-0.3, -0.25) is 4.79 Å². The number of hydrogen-bond acceptors (Lipinski definition) is 3. The third-order valence-corrected chi connectivity index (χ3v) is 3.00. The standard InChI is InChI=1S/C14H18N2O2/c1-9-8-12(18-4)10(2)11(3)14(9)16-13(17)6-5-7-15/h8H,5-6H2,1-4H3,(H,16,17). The highest BCUT2D eigenvalue weighted by atomic mass is 16.5. The van der Waals surface area contributed by atoms with Crippen molar-refractivity contribution in [2.75, 3.05) is 12.4 Å². The van der Waals surface area contributed by atoms with Crippen molar-refractivity contribution in [2.45, 2.75) is 33.6 Å². The number of methoxy groups -OCH3 is 1. The second kappa shape index (κ2) is 6.06. The maximum atomic E-state index is 11.6. The first-order valence-corrected chi connectivity index (χ1v) is 5.82. The number of amides is 1. The molecule has 0 saturated heterocycles. The van der Waals surface area contributed by atoms with Crippen molar-refractivity contribution in [2.24, 2.45) is 0 Å². The van der Waals surface area contributed by atoms with Crippen LogP contribution in [0.1, 0.15) is 29.5 Å². The zero-order valence-corrected chi connectivity index (χ0v) is 11.3. The van der Waals surface area contributed by atoms with E-state index in [0.29, 0.717) is 0 Å². The molecule has 0 aliphatic heterocycles. The number of rotatable bonds is 4. The SMILES string of the molecule is COc1cc(C)c(NC(=O)CCC#N)c(C)c1C. The van der Waals surface area contributed by atoms with Crippen molar-refractivity contribution in [3.63, 3.8) is 0 Å². The second-order valence-corrected chi connectivity index (χ2v) is 4.23. The zero-order chi connectivity index (χ0) is 13.7. The normalized spacial score (nSPS) is 9.72. The Kier molecular flexibility index (Phi) is 4.73. The molecule has 1 amide bonds. The van der Waals surface area contributed by atoms with E-state index in [9.17, 15) is 4.79 Å². The highest BCUT2D eigenvalue weighted by molar-refractivity contribution is 5.92. The smallest absolute Gasteiger partial charge is 0.225 e. The Morgan fingerprint density at radius 2 is 2.06 bits per heavy atom. The van der Waals surface area contributed by atoms with E-state index in [1.807, 2.05) is 32.9 Å². The van der Waals surface area contributed by atoms with Gasteiger partial charge in [-0.1, -0.05) is 0 Å². The lowest BCUT2D eigenvalue weighted by Gasteiger charge is -2.16. The molecule has 4 nitrogen and oxygen atoms in total. The lowest BCUT2D eigenvalue weighted by Crippen LogP contribution is -2.13. The fraction of sp³-hybridized carbons (Fsp3) is 0.429. The van der Waals surface area contributed by atoms with E-state index < -0.39 is 0 Å². The van der Waals surface area contributed by atoms with E-state index in [4.69, 9.17) is 10.00 Å². The average molecular weight is 246 g/mol. The number of aryl methyl sites for hydroxylation is 1. The molecule has 1 N–H and O–H groups in total. The highest BCUT2D eigenvalue weighted by Gasteiger charge is 2.12. The minimum Gasteiger partial charge on any atom is -0.496 e. The highest BCUT2D eigenvalue weighted by Crippen LogP contribution is 2.31. The Hall–Kier alpha value is -2.02. The molecule has 0 saturated carbocycles. The van der Waals surface area contributed by atoms with Crippen LogP contribution in [0.25, 0.3) is 0 Å². The first-order chi connectivity index (χ1) is 8.51. The molecular weight excluding hydrogens is 228 g/mol. The number of nitrogens with one attached hydrogen (secondary N) is 1. The van der Waals surface area contributed by atoms with E-state index in [0.717, 1.165) is 28.1 Å². The summed E-state index contributed by atoms with van der Waals surface area (Å²) in [7, 11) is 1.63. The van der Waals surface area contributed by atoms with Gasteiger partial charge in [-0.25, -0.2) is 0 Å². The van der Waals surface area contributed by atoms with Crippen molar-refractivity contribution in [1.29, 1.82) is 5.26 Å². The molecule has 1 aromatic rings. The zero-order valence-electron chi connectivity index (χ0n) is 11.3. The van der Waals surface area contributed by atoms with Crippen LogP contribution < -0.4 is 10.1 Å². The van der Waals surface area contributed by atoms with E-state index in [1.165, 1.54) is 0 Å². The molecule has 18 heavy (non-hydrogen) atoms. The topological polar surface area (TPSA) is 62.1 Å². The molecule has 96 valence electrons. The molecule has 0 atom stereocenters. The lowest BCUT2D eigenvalue weighted by atomic mass is 10.0. The van der Waals surface area contributed by atoms with Gasteiger partial charge in [0.05, 0.1) is 13.2 Å². The quantitative estimate of drug-likeness (QED) is 0.888. The number of benzene rings is 1. The third-order valence-electron chi connectivity index (χ3n) is 3.00. The molecule has 0 bridgehead atoms. The summed E-state index contributed by atoms with van der Waals surface area (Å²) in [6, 6.07) is 3.87. The average Bonchev–Trinajstić information content (AvgIpc) is 2.36. The van der Waals surface area contributed by atoms with E-state index in [-0.39, 0.29) is 18.7 Å². The monoisotopic (exact) mass is 246 g/mol. The fourth-order valence-electron chi connectivity index (χ4n) is 1.82. The van der Waals surface area contributed by atoms with Gasteiger partial charge in [0.25, 0.3) is 0 Å². The molecule has 4 heteroatoms. The summed E-state index contributed by atoms with van der Waals surface area (Å²) in [4.78, 5) is 11.6. The fourth-order valence-corrected chi connectivity index (χ4v) is 1.82. The summed E-state index contributed by atoms with van der Waals surface area (Å²) >= 11 is 0. The van der Waals surface area contributed by atoms with E-state index in [1.54, 1.807) is 7.11 Å². The van der Waals surface area contributed by atoms with Gasteiger partial charge < -0.3 is 10.1 Å². The van der Waals surface area contributed by atoms with Gasteiger partial charge >= 0.3 is 0 Å². The van der Waals surface area contributed by atoms with Crippen molar-refractivity contribution < 1.29 is 9.53 Å². The van der Waals surface area contributed by atoms with Crippen LogP contribution in [-0.2, 0) is 4.79 Å². The van der Waals surface area contributed by atoms with Crippen molar-refractivity contribution in [3.05, 3.63) is 22.8 Å².